The predicted octanol–water partition coefficient (Wildman–Crippen LogP) is 2.44. The van der Waals surface area contributed by atoms with Crippen molar-refractivity contribution in [3.63, 3.8) is 0 Å². The molecule has 0 bridgehead atoms. The highest BCUT2D eigenvalue weighted by Gasteiger charge is 2.22. The summed E-state index contributed by atoms with van der Waals surface area (Å²) in [4.78, 5) is 0. The Kier molecular flexibility index (Phi) is 3.14. The molecule has 1 aliphatic heterocycles. The van der Waals surface area contributed by atoms with Crippen LogP contribution in [-0.4, -0.2) is 22.7 Å². The van der Waals surface area contributed by atoms with Gasteiger partial charge in [0.15, 0.2) is 0 Å². The highest BCUT2D eigenvalue weighted by Crippen LogP contribution is 2.35. The van der Waals surface area contributed by atoms with Crippen molar-refractivity contribution >= 4 is 11.8 Å². The molecule has 0 aliphatic carbocycles. The van der Waals surface area contributed by atoms with Crippen LogP contribution in [0.1, 0.15) is 24.0 Å². The number of hydrogen-bond acceptors (Lipinski definition) is 2. The molecule has 1 saturated heterocycles. The minimum Gasteiger partial charge on any atom is -0.393 e. The van der Waals surface area contributed by atoms with Crippen LogP contribution < -0.4 is 0 Å². The monoisotopic (exact) mass is 208 g/mol. The highest BCUT2D eigenvalue weighted by molar-refractivity contribution is 8.00. The summed E-state index contributed by atoms with van der Waals surface area (Å²) in [6.07, 6.45) is 0.557. The first kappa shape index (κ1) is 10.1. The molecule has 1 unspecified atom stereocenters. The lowest BCUT2D eigenvalue weighted by Gasteiger charge is -2.27. The molecular weight excluding hydrogens is 192 g/mol. The van der Waals surface area contributed by atoms with Gasteiger partial charge in [0, 0.05) is 17.4 Å². The van der Waals surface area contributed by atoms with Crippen LogP contribution in [0, 0.1) is 0 Å². The van der Waals surface area contributed by atoms with E-state index in [4.69, 9.17) is 0 Å². The summed E-state index contributed by atoms with van der Waals surface area (Å²) in [5, 5.41) is 9.40. The van der Waals surface area contributed by atoms with Crippen LogP contribution in [-0.2, 0) is 6.42 Å². The van der Waals surface area contributed by atoms with Crippen molar-refractivity contribution in [3.05, 3.63) is 35.4 Å². The van der Waals surface area contributed by atoms with Gasteiger partial charge in [-0.2, -0.15) is 11.8 Å². The van der Waals surface area contributed by atoms with Gasteiger partial charge < -0.3 is 5.11 Å². The summed E-state index contributed by atoms with van der Waals surface area (Å²) >= 11 is 2.01. The third-order valence-electron chi connectivity index (χ3n) is 2.65. The smallest absolute Gasteiger partial charge is 0.0552 e. The molecule has 1 fully saturated rings. The van der Waals surface area contributed by atoms with Gasteiger partial charge in [0.05, 0.1) is 6.10 Å². The van der Waals surface area contributed by atoms with Gasteiger partial charge in [-0.25, -0.2) is 0 Å². The standard InChI is InChI=1S/C12H16OS/c1-9(13)6-10-4-2-3-5-12(10)11-7-14-8-11/h2-5,9,11,13H,6-8H2,1H3. The van der Waals surface area contributed by atoms with E-state index in [1.165, 1.54) is 22.6 Å². The van der Waals surface area contributed by atoms with Crippen LogP contribution >= 0.6 is 11.8 Å². The van der Waals surface area contributed by atoms with E-state index in [1.807, 2.05) is 18.7 Å². The molecule has 1 aliphatic rings. The normalized spacial score (nSPS) is 19.0. The molecule has 1 heterocycles. The van der Waals surface area contributed by atoms with E-state index in [0.717, 1.165) is 12.3 Å². The molecule has 0 saturated carbocycles. The lowest BCUT2D eigenvalue weighted by atomic mass is 9.93. The summed E-state index contributed by atoms with van der Waals surface area (Å²) in [6.45, 7) is 1.85. The molecule has 1 atom stereocenters. The van der Waals surface area contributed by atoms with Crippen LogP contribution in [0.25, 0.3) is 0 Å². The number of aliphatic hydroxyl groups excluding tert-OH is 1. The summed E-state index contributed by atoms with van der Waals surface area (Å²) in [5.41, 5.74) is 2.78. The van der Waals surface area contributed by atoms with Crippen molar-refractivity contribution in [2.75, 3.05) is 11.5 Å². The van der Waals surface area contributed by atoms with Gasteiger partial charge in [-0.1, -0.05) is 24.3 Å². The fourth-order valence-electron chi connectivity index (χ4n) is 1.85. The van der Waals surface area contributed by atoms with Crippen molar-refractivity contribution in [2.24, 2.45) is 0 Å². The number of benzene rings is 1. The molecule has 0 spiro atoms. The van der Waals surface area contributed by atoms with Crippen molar-refractivity contribution in [1.29, 1.82) is 0 Å². The van der Waals surface area contributed by atoms with Gasteiger partial charge in [0.2, 0.25) is 0 Å². The molecule has 1 N–H and O–H groups in total. The molecule has 14 heavy (non-hydrogen) atoms. The van der Waals surface area contributed by atoms with Crippen LogP contribution in [0.5, 0.6) is 0 Å². The summed E-state index contributed by atoms with van der Waals surface area (Å²) in [5.74, 6) is 3.23. The van der Waals surface area contributed by atoms with Gasteiger partial charge >= 0.3 is 0 Å². The van der Waals surface area contributed by atoms with Crippen molar-refractivity contribution in [2.45, 2.75) is 25.4 Å². The average Bonchev–Trinajstić information content (AvgIpc) is 2.04. The summed E-state index contributed by atoms with van der Waals surface area (Å²) in [6, 6.07) is 8.52. The molecule has 1 nitrogen and oxygen atoms in total. The topological polar surface area (TPSA) is 20.2 Å². The average molecular weight is 208 g/mol. The fraction of sp³-hybridized carbons (Fsp3) is 0.500. The number of thioether (sulfide) groups is 1. The quantitative estimate of drug-likeness (QED) is 0.823. The van der Waals surface area contributed by atoms with E-state index >= 15 is 0 Å². The molecule has 0 aromatic heterocycles. The Morgan fingerprint density at radius 2 is 2.14 bits per heavy atom. The van der Waals surface area contributed by atoms with E-state index in [-0.39, 0.29) is 6.10 Å². The summed E-state index contributed by atoms with van der Waals surface area (Å²) < 4.78 is 0. The number of rotatable bonds is 3. The fourth-order valence-corrected chi connectivity index (χ4v) is 2.68. The molecule has 1 aromatic rings. The SMILES string of the molecule is CC(O)Cc1ccccc1C1CSC1. The van der Waals surface area contributed by atoms with E-state index in [2.05, 4.69) is 24.3 Å². The maximum Gasteiger partial charge on any atom is 0.0552 e. The second-order valence-electron chi connectivity index (χ2n) is 3.99. The molecule has 0 radical (unpaired) electrons. The highest BCUT2D eigenvalue weighted by atomic mass is 32.2. The first-order valence-corrected chi connectivity index (χ1v) is 6.26. The van der Waals surface area contributed by atoms with Gasteiger partial charge in [-0.15, -0.1) is 0 Å². The van der Waals surface area contributed by atoms with Crippen LogP contribution in [0.15, 0.2) is 24.3 Å². The van der Waals surface area contributed by atoms with Crippen LogP contribution in [0.2, 0.25) is 0 Å². The molecular formula is C12H16OS. The maximum absolute atomic E-state index is 9.40. The molecule has 0 amide bonds. The Hall–Kier alpha value is -0.470. The Bertz CT molecular complexity index is 305. The zero-order chi connectivity index (χ0) is 9.97. The minimum absolute atomic E-state index is 0.233. The third-order valence-corrected chi connectivity index (χ3v) is 3.92. The minimum atomic E-state index is -0.233. The van der Waals surface area contributed by atoms with Gasteiger partial charge in [-0.3, -0.25) is 0 Å². The first-order chi connectivity index (χ1) is 6.77. The van der Waals surface area contributed by atoms with Gasteiger partial charge in [0.1, 0.15) is 0 Å². The summed E-state index contributed by atoms with van der Waals surface area (Å²) in [7, 11) is 0. The van der Waals surface area contributed by atoms with Crippen LogP contribution in [0.3, 0.4) is 0 Å². The second kappa shape index (κ2) is 4.37. The molecule has 2 heteroatoms. The third kappa shape index (κ3) is 2.12. The maximum atomic E-state index is 9.40. The Morgan fingerprint density at radius 3 is 2.71 bits per heavy atom. The molecule has 1 aromatic carbocycles. The largest absolute Gasteiger partial charge is 0.393 e. The molecule has 76 valence electrons. The van der Waals surface area contributed by atoms with Crippen molar-refractivity contribution in [3.8, 4) is 0 Å². The Balaban J connectivity index is 2.19. The zero-order valence-corrected chi connectivity index (χ0v) is 9.26. The van der Waals surface area contributed by atoms with Gasteiger partial charge in [-0.05, 0) is 24.5 Å². The van der Waals surface area contributed by atoms with Crippen molar-refractivity contribution in [1.82, 2.24) is 0 Å². The van der Waals surface area contributed by atoms with E-state index in [1.54, 1.807) is 0 Å². The van der Waals surface area contributed by atoms with E-state index < -0.39 is 0 Å². The van der Waals surface area contributed by atoms with Crippen molar-refractivity contribution < 1.29 is 5.11 Å². The predicted molar refractivity (Wildman–Crippen MR) is 61.9 cm³/mol. The zero-order valence-electron chi connectivity index (χ0n) is 8.44. The van der Waals surface area contributed by atoms with E-state index in [0.29, 0.717) is 0 Å². The second-order valence-corrected chi connectivity index (χ2v) is 5.06. The lowest BCUT2D eigenvalue weighted by Crippen LogP contribution is -2.18. The van der Waals surface area contributed by atoms with E-state index in [9.17, 15) is 5.11 Å². The number of aliphatic hydroxyl groups is 1. The first-order valence-electron chi connectivity index (χ1n) is 5.11. The number of hydrogen-bond donors (Lipinski definition) is 1. The Morgan fingerprint density at radius 1 is 1.43 bits per heavy atom. The Labute approximate surface area is 89.5 Å². The molecule has 2 rings (SSSR count). The lowest BCUT2D eigenvalue weighted by molar-refractivity contribution is 0.195. The van der Waals surface area contributed by atoms with Gasteiger partial charge in [0.25, 0.3) is 0 Å². The van der Waals surface area contributed by atoms with Crippen LogP contribution in [0.4, 0.5) is 0 Å².